The first-order valence-corrected chi connectivity index (χ1v) is 11.8. The Hall–Kier alpha value is -3.23. The Morgan fingerprint density at radius 2 is 1.86 bits per heavy atom. The summed E-state index contributed by atoms with van der Waals surface area (Å²) in [5, 5.41) is 7.16. The molecule has 0 bridgehead atoms. The lowest BCUT2D eigenvalue weighted by atomic mass is 9.81. The Balaban J connectivity index is 1.49. The van der Waals surface area contributed by atoms with Gasteiger partial charge in [-0.25, -0.2) is 4.68 Å². The summed E-state index contributed by atoms with van der Waals surface area (Å²) < 4.78 is 42.7. The number of rotatable bonds is 8. The molecular weight excluding hydrogens is 455 g/mol. The van der Waals surface area contributed by atoms with Crippen LogP contribution in [0.2, 0.25) is 0 Å². The maximum absolute atomic E-state index is 13.9. The molecule has 1 N–H and O–H groups in total. The van der Waals surface area contributed by atoms with Gasteiger partial charge in [0, 0.05) is 25.2 Å². The molecule has 1 aromatic carbocycles. The van der Waals surface area contributed by atoms with E-state index in [1.807, 2.05) is 26.8 Å². The fourth-order valence-corrected chi connectivity index (χ4v) is 4.59. The van der Waals surface area contributed by atoms with Crippen molar-refractivity contribution >= 4 is 11.6 Å². The van der Waals surface area contributed by atoms with Gasteiger partial charge in [0.1, 0.15) is 5.82 Å². The van der Waals surface area contributed by atoms with Crippen molar-refractivity contribution in [3.05, 3.63) is 71.4 Å². The summed E-state index contributed by atoms with van der Waals surface area (Å²) in [6, 6.07) is 6.63. The number of hydrogen-bond acceptors (Lipinski definition) is 5. The summed E-state index contributed by atoms with van der Waals surface area (Å²) in [5.41, 5.74) is 2.38. The molecule has 0 fully saturated rings. The minimum Gasteiger partial charge on any atom is -0.363 e. The van der Waals surface area contributed by atoms with Crippen LogP contribution >= 0.6 is 0 Å². The second kappa shape index (κ2) is 9.79. The number of aromatic nitrogens is 4. The van der Waals surface area contributed by atoms with Crippen molar-refractivity contribution in [1.29, 1.82) is 0 Å². The molecule has 186 valence electrons. The Morgan fingerprint density at radius 1 is 1.11 bits per heavy atom. The smallest absolute Gasteiger partial charge is 0.363 e. The Morgan fingerprint density at radius 3 is 2.51 bits per heavy atom. The largest absolute Gasteiger partial charge is 0.410 e. The summed E-state index contributed by atoms with van der Waals surface area (Å²) in [6.07, 6.45) is 2.65. The molecule has 4 rings (SSSR count). The van der Waals surface area contributed by atoms with E-state index in [-0.39, 0.29) is 35.4 Å². The zero-order valence-corrected chi connectivity index (χ0v) is 20.1. The number of aryl methyl sites for hydroxylation is 2. The molecule has 0 saturated carbocycles. The van der Waals surface area contributed by atoms with Crippen molar-refractivity contribution in [2.24, 2.45) is 5.41 Å². The lowest BCUT2D eigenvalue weighted by molar-refractivity contribution is -0.173. The number of hydrogen-bond donors (Lipinski definition) is 1. The van der Waals surface area contributed by atoms with Crippen molar-refractivity contribution in [3.8, 4) is 0 Å². The highest BCUT2D eigenvalue weighted by Crippen LogP contribution is 2.44. The summed E-state index contributed by atoms with van der Waals surface area (Å²) in [6.45, 7) is 5.88. The van der Waals surface area contributed by atoms with E-state index in [4.69, 9.17) is 0 Å². The van der Waals surface area contributed by atoms with Gasteiger partial charge in [0.05, 0.1) is 29.2 Å². The monoisotopic (exact) mass is 485 g/mol. The number of carbonyl (C=O) groups is 1. The van der Waals surface area contributed by atoms with Crippen LogP contribution in [0, 0.1) is 12.3 Å². The molecule has 3 heterocycles. The van der Waals surface area contributed by atoms with E-state index in [0.29, 0.717) is 0 Å². The Labute approximate surface area is 203 Å². The maximum Gasteiger partial charge on any atom is 0.410 e. The first-order chi connectivity index (χ1) is 16.5. The quantitative estimate of drug-likeness (QED) is 0.381. The first kappa shape index (κ1) is 24.9. The number of nitrogens with zero attached hydrogens (tertiary/aromatic N) is 4. The van der Waals surface area contributed by atoms with Crippen LogP contribution in [0.4, 0.5) is 19.0 Å². The molecule has 0 radical (unpaired) electrons. The Bertz CT molecular complexity index is 1160. The summed E-state index contributed by atoms with van der Waals surface area (Å²) in [7, 11) is 0. The molecule has 0 spiro atoms. The van der Waals surface area contributed by atoms with Crippen molar-refractivity contribution < 1.29 is 18.0 Å². The van der Waals surface area contributed by atoms with Crippen molar-refractivity contribution in [2.45, 2.75) is 71.1 Å². The van der Waals surface area contributed by atoms with Crippen LogP contribution in [0.15, 0.2) is 48.9 Å². The molecule has 0 saturated heterocycles. The SMILES string of the molecule is Cc1cnc(CCCC(C)(C)CC(=O)c2cnn3c2N[C@@H](c2ccccc2)C[C@H]3C(F)(F)F)cn1. The normalized spacial score (nSPS) is 18.1. The third kappa shape index (κ3) is 5.89. The molecule has 9 heteroatoms. The van der Waals surface area contributed by atoms with Gasteiger partial charge in [0.15, 0.2) is 11.8 Å². The number of ketones is 1. The number of halogens is 3. The molecule has 3 aromatic rings. The molecule has 1 aliphatic heterocycles. The highest BCUT2D eigenvalue weighted by Gasteiger charge is 2.47. The highest BCUT2D eigenvalue weighted by atomic mass is 19.4. The Kier molecular flexibility index (Phi) is 6.96. The van der Waals surface area contributed by atoms with E-state index < -0.39 is 18.3 Å². The number of fused-ring (bicyclic) bond motifs is 1. The van der Waals surface area contributed by atoms with E-state index in [1.165, 1.54) is 6.20 Å². The van der Waals surface area contributed by atoms with Gasteiger partial charge >= 0.3 is 6.18 Å². The zero-order chi connectivity index (χ0) is 25.2. The van der Waals surface area contributed by atoms with Crippen LogP contribution in [0.3, 0.4) is 0 Å². The topological polar surface area (TPSA) is 72.7 Å². The third-order valence-electron chi connectivity index (χ3n) is 6.50. The van der Waals surface area contributed by atoms with Crippen LogP contribution in [0.1, 0.15) is 78.9 Å². The van der Waals surface area contributed by atoms with E-state index in [9.17, 15) is 18.0 Å². The van der Waals surface area contributed by atoms with Crippen molar-refractivity contribution in [3.63, 3.8) is 0 Å². The van der Waals surface area contributed by atoms with Gasteiger partial charge in [0.25, 0.3) is 0 Å². The number of nitrogens with one attached hydrogen (secondary N) is 1. The predicted octanol–water partition coefficient (Wildman–Crippen LogP) is 6.26. The predicted molar refractivity (Wildman–Crippen MR) is 127 cm³/mol. The molecule has 1 aliphatic rings. The summed E-state index contributed by atoms with van der Waals surface area (Å²) in [4.78, 5) is 21.9. The van der Waals surface area contributed by atoms with Crippen molar-refractivity contribution in [1.82, 2.24) is 19.7 Å². The van der Waals surface area contributed by atoms with Gasteiger partial charge < -0.3 is 5.32 Å². The van der Waals surface area contributed by atoms with Gasteiger partial charge in [-0.15, -0.1) is 0 Å². The average Bonchev–Trinajstić information content (AvgIpc) is 3.23. The summed E-state index contributed by atoms with van der Waals surface area (Å²) >= 11 is 0. The molecule has 2 atom stereocenters. The second-order valence-electron chi connectivity index (χ2n) is 10.0. The van der Waals surface area contributed by atoms with E-state index in [1.54, 1.807) is 36.7 Å². The molecule has 35 heavy (non-hydrogen) atoms. The van der Waals surface area contributed by atoms with E-state index in [2.05, 4.69) is 20.4 Å². The summed E-state index contributed by atoms with van der Waals surface area (Å²) in [5.74, 6) is -0.0725. The van der Waals surface area contributed by atoms with Gasteiger partial charge in [-0.2, -0.15) is 18.3 Å². The van der Waals surface area contributed by atoms with Crippen LogP contribution in [-0.4, -0.2) is 31.7 Å². The minimum absolute atomic E-state index is 0.142. The van der Waals surface area contributed by atoms with E-state index in [0.717, 1.165) is 40.9 Å². The van der Waals surface area contributed by atoms with Gasteiger partial charge in [-0.05, 0) is 37.2 Å². The third-order valence-corrected chi connectivity index (χ3v) is 6.50. The number of Topliss-reactive ketones (excluding diaryl/α,β-unsaturated/α-hetero) is 1. The van der Waals surface area contributed by atoms with Gasteiger partial charge in [0.2, 0.25) is 0 Å². The molecule has 0 unspecified atom stereocenters. The zero-order valence-electron chi connectivity index (χ0n) is 20.1. The average molecular weight is 486 g/mol. The number of carbonyl (C=O) groups excluding carboxylic acids is 1. The minimum atomic E-state index is -4.48. The maximum atomic E-state index is 13.9. The van der Waals surface area contributed by atoms with Gasteiger partial charge in [-0.1, -0.05) is 44.2 Å². The van der Waals surface area contributed by atoms with Gasteiger partial charge in [-0.3, -0.25) is 14.8 Å². The van der Waals surface area contributed by atoms with Crippen LogP contribution < -0.4 is 5.32 Å². The van der Waals surface area contributed by atoms with Crippen LogP contribution in [0.5, 0.6) is 0 Å². The fourth-order valence-electron chi connectivity index (χ4n) is 4.59. The lowest BCUT2D eigenvalue weighted by Crippen LogP contribution is -2.36. The number of benzene rings is 1. The number of anilines is 1. The standard InChI is InChI=1S/C26H30F3N5O/c1-17-14-31-19(15-30-17)10-7-11-25(2,3)13-22(35)20-16-32-34-23(26(27,28)29)12-21(33-24(20)34)18-8-5-4-6-9-18/h4-6,8-9,14-16,21,23,33H,7,10-13H2,1-3H3/t21-,23+/m1/s1. The van der Waals surface area contributed by atoms with Crippen LogP contribution in [-0.2, 0) is 6.42 Å². The molecule has 0 amide bonds. The molecule has 0 aliphatic carbocycles. The number of alkyl halides is 3. The molecule has 6 nitrogen and oxygen atoms in total. The van der Waals surface area contributed by atoms with Crippen LogP contribution in [0.25, 0.3) is 0 Å². The van der Waals surface area contributed by atoms with Crippen molar-refractivity contribution in [2.75, 3.05) is 5.32 Å². The second-order valence-corrected chi connectivity index (χ2v) is 10.0. The van der Waals surface area contributed by atoms with E-state index >= 15 is 0 Å². The molecular formula is C26H30F3N5O. The first-order valence-electron chi connectivity index (χ1n) is 11.8. The molecule has 2 aromatic heterocycles. The fraction of sp³-hybridized carbons (Fsp3) is 0.462. The lowest BCUT2D eigenvalue weighted by Gasteiger charge is -2.34. The highest BCUT2D eigenvalue weighted by molar-refractivity contribution is 6.00.